The van der Waals surface area contributed by atoms with Crippen molar-refractivity contribution in [2.45, 2.75) is 44.6 Å². The highest BCUT2D eigenvalue weighted by atomic mass is 79.9. The molecule has 0 radical (unpaired) electrons. The lowest BCUT2D eigenvalue weighted by Crippen LogP contribution is -2.39. The van der Waals surface area contributed by atoms with Gasteiger partial charge in [-0.2, -0.15) is 0 Å². The van der Waals surface area contributed by atoms with Gasteiger partial charge in [0, 0.05) is 15.6 Å². The molecule has 19 heavy (non-hydrogen) atoms. The number of benzene rings is 1. The van der Waals surface area contributed by atoms with Crippen LogP contribution in [0.25, 0.3) is 0 Å². The second-order valence-corrected chi connectivity index (χ2v) is 6.40. The minimum absolute atomic E-state index is 0.225. The molecule has 3 nitrogen and oxygen atoms in total. The van der Waals surface area contributed by atoms with E-state index >= 15 is 0 Å². The molecule has 2 N–H and O–H groups in total. The zero-order valence-electron chi connectivity index (χ0n) is 11.3. The molecule has 1 aliphatic carbocycles. The molecule has 1 heterocycles. The summed E-state index contributed by atoms with van der Waals surface area (Å²) < 4.78 is 12.5. The minimum Gasteiger partial charge on any atom is -0.486 e. The molecule has 0 spiro atoms. The zero-order chi connectivity index (χ0) is 13.5. The fourth-order valence-electron chi connectivity index (χ4n) is 3.14. The van der Waals surface area contributed by atoms with Gasteiger partial charge in [-0.25, -0.2) is 0 Å². The van der Waals surface area contributed by atoms with Gasteiger partial charge < -0.3 is 15.2 Å². The van der Waals surface area contributed by atoms with Crippen molar-refractivity contribution in [1.29, 1.82) is 0 Å². The molecular weight excluding hydrogens is 306 g/mol. The lowest BCUT2D eigenvalue weighted by molar-refractivity contribution is 0.169. The SMILES string of the molecule is Cc1c(Br)c(C2(N)CCCCC2)cc2c1OCCO2. The van der Waals surface area contributed by atoms with Gasteiger partial charge in [0.25, 0.3) is 0 Å². The first-order valence-electron chi connectivity index (χ1n) is 7.00. The van der Waals surface area contributed by atoms with Crippen LogP contribution in [0.3, 0.4) is 0 Å². The number of halogens is 1. The maximum atomic E-state index is 6.66. The number of nitrogens with two attached hydrogens (primary N) is 1. The Morgan fingerprint density at radius 1 is 1.16 bits per heavy atom. The molecular formula is C15H20BrNO2. The number of hydrogen-bond acceptors (Lipinski definition) is 3. The smallest absolute Gasteiger partial charge is 0.165 e. The molecule has 0 amide bonds. The Balaban J connectivity index is 2.08. The van der Waals surface area contributed by atoms with Crippen molar-refractivity contribution < 1.29 is 9.47 Å². The quantitative estimate of drug-likeness (QED) is 0.857. The molecule has 4 heteroatoms. The van der Waals surface area contributed by atoms with Crippen molar-refractivity contribution in [3.05, 3.63) is 21.7 Å². The first-order valence-corrected chi connectivity index (χ1v) is 7.79. The predicted octanol–water partition coefficient (Wildman–Crippen LogP) is 3.65. The van der Waals surface area contributed by atoms with E-state index in [9.17, 15) is 0 Å². The highest BCUT2D eigenvalue weighted by Crippen LogP contribution is 2.46. The molecule has 0 atom stereocenters. The summed E-state index contributed by atoms with van der Waals surface area (Å²) in [6.45, 7) is 3.30. The molecule has 1 aliphatic heterocycles. The van der Waals surface area contributed by atoms with Crippen LogP contribution in [0.2, 0.25) is 0 Å². The van der Waals surface area contributed by atoms with Gasteiger partial charge in [-0.3, -0.25) is 0 Å². The first-order chi connectivity index (χ1) is 9.12. The Hall–Kier alpha value is -0.740. The minimum atomic E-state index is -0.225. The third-order valence-corrected chi connectivity index (χ3v) is 5.30. The Morgan fingerprint density at radius 2 is 1.84 bits per heavy atom. The summed E-state index contributed by atoms with van der Waals surface area (Å²) >= 11 is 3.71. The average molecular weight is 326 g/mol. The molecule has 1 aromatic carbocycles. The summed E-state index contributed by atoms with van der Waals surface area (Å²) in [5, 5.41) is 0. The summed E-state index contributed by atoms with van der Waals surface area (Å²) in [6.07, 6.45) is 5.79. The summed E-state index contributed by atoms with van der Waals surface area (Å²) in [7, 11) is 0. The maximum absolute atomic E-state index is 6.66. The van der Waals surface area contributed by atoms with Crippen molar-refractivity contribution in [2.24, 2.45) is 5.73 Å². The van der Waals surface area contributed by atoms with Gasteiger partial charge >= 0.3 is 0 Å². The van der Waals surface area contributed by atoms with E-state index in [4.69, 9.17) is 15.2 Å². The summed E-state index contributed by atoms with van der Waals surface area (Å²) in [6, 6.07) is 2.08. The highest BCUT2D eigenvalue weighted by Gasteiger charge is 2.33. The largest absolute Gasteiger partial charge is 0.486 e. The Kier molecular flexibility index (Phi) is 3.48. The molecule has 0 bridgehead atoms. The van der Waals surface area contributed by atoms with Gasteiger partial charge in [0.2, 0.25) is 0 Å². The van der Waals surface area contributed by atoms with Crippen molar-refractivity contribution in [1.82, 2.24) is 0 Å². The summed E-state index contributed by atoms with van der Waals surface area (Å²) in [5.41, 5.74) is 8.71. The van der Waals surface area contributed by atoms with E-state index < -0.39 is 0 Å². The van der Waals surface area contributed by atoms with Crippen LogP contribution in [-0.4, -0.2) is 13.2 Å². The number of hydrogen-bond donors (Lipinski definition) is 1. The van der Waals surface area contributed by atoms with Gasteiger partial charge in [-0.1, -0.05) is 35.2 Å². The lowest BCUT2D eigenvalue weighted by Gasteiger charge is -2.36. The molecule has 3 rings (SSSR count). The molecule has 1 aromatic rings. The van der Waals surface area contributed by atoms with Crippen LogP contribution in [-0.2, 0) is 5.54 Å². The summed E-state index contributed by atoms with van der Waals surface area (Å²) in [4.78, 5) is 0. The van der Waals surface area contributed by atoms with Crippen LogP contribution in [0.15, 0.2) is 10.5 Å². The van der Waals surface area contributed by atoms with E-state index in [1.54, 1.807) is 0 Å². The van der Waals surface area contributed by atoms with Crippen LogP contribution >= 0.6 is 15.9 Å². The van der Waals surface area contributed by atoms with E-state index in [0.717, 1.165) is 34.4 Å². The van der Waals surface area contributed by atoms with Gasteiger partial charge in [-0.05, 0) is 31.4 Å². The molecule has 104 valence electrons. The fourth-order valence-corrected chi connectivity index (χ4v) is 3.83. The van der Waals surface area contributed by atoms with Gasteiger partial charge in [-0.15, -0.1) is 0 Å². The van der Waals surface area contributed by atoms with Crippen LogP contribution in [0.5, 0.6) is 11.5 Å². The molecule has 2 aliphatic rings. The Labute approximate surface area is 122 Å². The first kappa shape index (κ1) is 13.3. The van der Waals surface area contributed by atoms with E-state index in [-0.39, 0.29) is 5.54 Å². The number of ether oxygens (including phenoxy) is 2. The second-order valence-electron chi connectivity index (χ2n) is 5.60. The standard InChI is InChI=1S/C15H20BrNO2/c1-10-13(16)11(15(17)5-3-2-4-6-15)9-12-14(10)19-8-7-18-12/h9H,2-8,17H2,1H3. The second kappa shape index (κ2) is 4.98. The normalized spacial score (nSPS) is 21.2. The monoisotopic (exact) mass is 325 g/mol. The third kappa shape index (κ3) is 2.25. The Morgan fingerprint density at radius 3 is 2.58 bits per heavy atom. The third-order valence-electron chi connectivity index (χ3n) is 4.28. The van der Waals surface area contributed by atoms with Crippen LogP contribution in [0.4, 0.5) is 0 Å². The number of rotatable bonds is 1. The van der Waals surface area contributed by atoms with Crippen molar-refractivity contribution in [3.8, 4) is 11.5 Å². The maximum Gasteiger partial charge on any atom is 0.165 e. The lowest BCUT2D eigenvalue weighted by atomic mass is 9.77. The van der Waals surface area contributed by atoms with E-state index in [1.807, 2.05) is 0 Å². The zero-order valence-corrected chi connectivity index (χ0v) is 12.9. The van der Waals surface area contributed by atoms with E-state index in [1.165, 1.54) is 24.8 Å². The van der Waals surface area contributed by atoms with Crippen LogP contribution in [0.1, 0.15) is 43.2 Å². The predicted molar refractivity (Wildman–Crippen MR) is 78.8 cm³/mol. The van der Waals surface area contributed by atoms with Gasteiger partial charge in [0.05, 0.1) is 0 Å². The van der Waals surface area contributed by atoms with Gasteiger partial charge in [0.1, 0.15) is 13.2 Å². The van der Waals surface area contributed by atoms with Gasteiger partial charge in [0.15, 0.2) is 11.5 Å². The van der Waals surface area contributed by atoms with Crippen molar-refractivity contribution in [2.75, 3.05) is 13.2 Å². The van der Waals surface area contributed by atoms with Crippen molar-refractivity contribution in [3.63, 3.8) is 0 Å². The molecule has 0 saturated heterocycles. The van der Waals surface area contributed by atoms with Crippen LogP contribution < -0.4 is 15.2 Å². The Bertz CT molecular complexity index is 495. The molecule has 0 aromatic heterocycles. The van der Waals surface area contributed by atoms with Crippen LogP contribution in [0, 0.1) is 6.92 Å². The van der Waals surface area contributed by atoms with E-state index in [0.29, 0.717) is 13.2 Å². The summed E-state index contributed by atoms with van der Waals surface area (Å²) in [5.74, 6) is 1.71. The van der Waals surface area contributed by atoms with E-state index in [2.05, 4.69) is 28.9 Å². The highest BCUT2D eigenvalue weighted by molar-refractivity contribution is 9.10. The molecule has 0 unspecified atom stereocenters. The van der Waals surface area contributed by atoms with Crippen molar-refractivity contribution >= 4 is 15.9 Å². The number of fused-ring (bicyclic) bond motifs is 1. The topological polar surface area (TPSA) is 44.5 Å². The average Bonchev–Trinajstić information content (AvgIpc) is 2.43. The molecule has 1 fully saturated rings. The molecule has 1 saturated carbocycles. The fraction of sp³-hybridized carbons (Fsp3) is 0.600.